The highest BCUT2D eigenvalue weighted by Gasteiger charge is 2.17. The van der Waals surface area contributed by atoms with E-state index >= 15 is 0 Å². The largest absolute Gasteiger partial charge is 0.494 e. The first-order valence-electron chi connectivity index (χ1n) is 13.6. The molecule has 3 nitrogen and oxygen atoms in total. The van der Waals surface area contributed by atoms with Crippen molar-refractivity contribution < 1.29 is 31.8 Å². The van der Waals surface area contributed by atoms with E-state index in [-0.39, 0.29) is 35.7 Å². The molecule has 0 saturated carbocycles. The molecular formula is C34H32F4O3. The highest BCUT2D eigenvalue weighted by Crippen LogP contribution is 2.32. The van der Waals surface area contributed by atoms with Crippen LogP contribution in [0.3, 0.4) is 0 Å². The molecule has 0 radical (unpaired) electrons. The fraction of sp³-hybridized carbons (Fsp3) is 0.235. The van der Waals surface area contributed by atoms with Gasteiger partial charge in [-0.3, -0.25) is 0 Å². The lowest BCUT2D eigenvalue weighted by atomic mass is 10.0. The third-order valence-corrected chi connectivity index (χ3v) is 6.51. The summed E-state index contributed by atoms with van der Waals surface area (Å²) < 4.78 is 75.6. The lowest BCUT2D eigenvalue weighted by Crippen LogP contribution is -2.02. The zero-order chi connectivity index (χ0) is 29.2. The highest BCUT2D eigenvalue weighted by molar-refractivity contribution is 5.67. The van der Waals surface area contributed by atoms with Crippen LogP contribution < -0.4 is 14.2 Å². The molecule has 0 spiro atoms. The molecule has 0 heterocycles. The predicted octanol–water partition coefficient (Wildman–Crippen LogP) is 9.68. The van der Waals surface area contributed by atoms with Crippen LogP contribution in [-0.4, -0.2) is 13.2 Å². The summed E-state index contributed by atoms with van der Waals surface area (Å²) in [7, 11) is 0. The van der Waals surface area contributed by atoms with Crippen molar-refractivity contribution in [1.82, 2.24) is 0 Å². The van der Waals surface area contributed by atoms with Gasteiger partial charge in [-0.25, -0.2) is 13.2 Å². The molecule has 41 heavy (non-hydrogen) atoms. The van der Waals surface area contributed by atoms with E-state index in [2.05, 4.69) is 13.5 Å². The van der Waals surface area contributed by atoms with Crippen LogP contribution in [0.5, 0.6) is 17.2 Å². The topological polar surface area (TPSA) is 27.7 Å². The van der Waals surface area contributed by atoms with Crippen molar-refractivity contribution in [2.24, 2.45) is 0 Å². The van der Waals surface area contributed by atoms with E-state index in [1.807, 2.05) is 0 Å². The van der Waals surface area contributed by atoms with E-state index < -0.39 is 23.3 Å². The van der Waals surface area contributed by atoms with Crippen molar-refractivity contribution in [3.63, 3.8) is 0 Å². The fourth-order valence-corrected chi connectivity index (χ4v) is 4.16. The molecule has 0 fully saturated rings. The van der Waals surface area contributed by atoms with E-state index in [0.29, 0.717) is 42.1 Å². The van der Waals surface area contributed by atoms with Gasteiger partial charge in [0.15, 0.2) is 23.2 Å². The van der Waals surface area contributed by atoms with E-state index in [0.717, 1.165) is 12.8 Å². The van der Waals surface area contributed by atoms with Gasteiger partial charge in [-0.05, 0) is 66.8 Å². The Balaban J connectivity index is 1.39. The third kappa shape index (κ3) is 7.48. The van der Waals surface area contributed by atoms with Gasteiger partial charge >= 0.3 is 0 Å². The second-order valence-electron chi connectivity index (χ2n) is 9.46. The molecule has 4 aromatic carbocycles. The van der Waals surface area contributed by atoms with E-state index in [9.17, 15) is 17.6 Å². The molecule has 7 heteroatoms. The Morgan fingerprint density at radius 2 is 1.17 bits per heavy atom. The standard InChI is InChI=1S/C34H32F4O3/c1-3-5-7-21-40-30-19-18-29(33(37)34(30)38)24-10-15-27(16-11-24)41-22-25-12-17-28(32(36)31(25)35)23-8-13-26(14-9-23)39-20-6-4-2/h3,8-19H,1,4-7,20-22H2,2H3. The maximum atomic E-state index is 14.9. The number of rotatable bonds is 14. The minimum absolute atomic E-state index is 0.0478. The summed E-state index contributed by atoms with van der Waals surface area (Å²) in [6.45, 7) is 6.33. The lowest BCUT2D eigenvalue weighted by Gasteiger charge is -2.12. The van der Waals surface area contributed by atoms with Gasteiger partial charge in [0.2, 0.25) is 5.82 Å². The molecule has 0 saturated heterocycles. The average molecular weight is 565 g/mol. The van der Waals surface area contributed by atoms with Crippen molar-refractivity contribution >= 4 is 0 Å². The quantitative estimate of drug-likeness (QED) is 0.0867. The Morgan fingerprint density at radius 3 is 1.78 bits per heavy atom. The number of ether oxygens (including phenoxy) is 3. The molecule has 214 valence electrons. The first kappa shape index (κ1) is 29.7. The zero-order valence-corrected chi connectivity index (χ0v) is 22.9. The number of benzene rings is 4. The van der Waals surface area contributed by atoms with Gasteiger partial charge in [0.05, 0.1) is 13.2 Å². The van der Waals surface area contributed by atoms with Crippen LogP contribution in [0.2, 0.25) is 0 Å². The molecular weight excluding hydrogens is 532 g/mol. The summed E-state index contributed by atoms with van der Waals surface area (Å²) in [4.78, 5) is 0. The smallest absolute Gasteiger partial charge is 0.201 e. The Labute approximate surface area is 238 Å². The molecule has 0 aromatic heterocycles. The summed E-state index contributed by atoms with van der Waals surface area (Å²) in [5.41, 5.74) is 1.21. The minimum atomic E-state index is -1.06. The first-order valence-corrected chi connectivity index (χ1v) is 13.6. The third-order valence-electron chi connectivity index (χ3n) is 6.51. The Hall–Kier alpha value is -4.26. The summed E-state index contributed by atoms with van der Waals surface area (Å²) in [6.07, 6.45) is 5.06. The van der Waals surface area contributed by atoms with Gasteiger partial charge in [0.1, 0.15) is 18.1 Å². The molecule has 4 aromatic rings. The fourth-order valence-electron chi connectivity index (χ4n) is 4.16. The van der Waals surface area contributed by atoms with Gasteiger partial charge < -0.3 is 14.2 Å². The summed E-state index contributed by atoms with van der Waals surface area (Å²) in [6, 6.07) is 18.9. The molecule has 0 aliphatic rings. The van der Waals surface area contributed by atoms with Gasteiger partial charge in [-0.2, -0.15) is 4.39 Å². The molecule has 0 bridgehead atoms. The molecule has 4 rings (SSSR count). The van der Waals surface area contributed by atoms with E-state index in [4.69, 9.17) is 14.2 Å². The first-order chi connectivity index (χ1) is 19.9. The molecule has 0 unspecified atom stereocenters. The van der Waals surface area contributed by atoms with Crippen LogP contribution in [0.1, 0.15) is 38.2 Å². The second-order valence-corrected chi connectivity index (χ2v) is 9.46. The molecule has 0 aliphatic carbocycles. The van der Waals surface area contributed by atoms with Crippen LogP contribution in [-0.2, 0) is 6.61 Å². The summed E-state index contributed by atoms with van der Waals surface area (Å²) in [5.74, 6) is -3.15. The van der Waals surface area contributed by atoms with Crippen molar-refractivity contribution in [2.75, 3.05) is 13.2 Å². The van der Waals surface area contributed by atoms with Crippen LogP contribution in [0, 0.1) is 23.3 Å². The molecule has 0 N–H and O–H groups in total. The van der Waals surface area contributed by atoms with Crippen LogP contribution in [0.25, 0.3) is 22.3 Å². The van der Waals surface area contributed by atoms with Crippen LogP contribution in [0.15, 0.2) is 85.5 Å². The Morgan fingerprint density at radius 1 is 0.610 bits per heavy atom. The number of hydrogen-bond donors (Lipinski definition) is 0. The molecule has 0 aliphatic heterocycles. The monoisotopic (exact) mass is 564 g/mol. The van der Waals surface area contributed by atoms with Crippen LogP contribution >= 0.6 is 0 Å². The molecule has 0 atom stereocenters. The van der Waals surface area contributed by atoms with Crippen molar-refractivity contribution in [1.29, 1.82) is 0 Å². The normalized spacial score (nSPS) is 10.9. The van der Waals surface area contributed by atoms with Gasteiger partial charge in [-0.1, -0.05) is 55.8 Å². The number of allylic oxidation sites excluding steroid dienone is 1. The van der Waals surface area contributed by atoms with Crippen molar-refractivity contribution in [3.05, 3.63) is 114 Å². The van der Waals surface area contributed by atoms with E-state index in [1.165, 1.54) is 24.3 Å². The van der Waals surface area contributed by atoms with E-state index in [1.54, 1.807) is 54.6 Å². The van der Waals surface area contributed by atoms with Crippen molar-refractivity contribution in [2.45, 2.75) is 39.2 Å². The average Bonchev–Trinajstić information content (AvgIpc) is 2.99. The van der Waals surface area contributed by atoms with Crippen LogP contribution in [0.4, 0.5) is 17.6 Å². The molecule has 0 amide bonds. The second kappa shape index (κ2) is 14.4. The maximum Gasteiger partial charge on any atom is 0.201 e. The lowest BCUT2D eigenvalue weighted by molar-refractivity contribution is 0.291. The highest BCUT2D eigenvalue weighted by atomic mass is 19.2. The Kier molecular flexibility index (Phi) is 10.4. The van der Waals surface area contributed by atoms with Crippen molar-refractivity contribution in [3.8, 4) is 39.5 Å². The number of hydrogen-bond acceptors (Lipinski definition) is 3. The SMILES string of the molecule is C=CCCCOc1ccc(-c2ccc(OCc3ccc(-c4ccc(OCCCC)cc4)c(F)c3F)cc2)c(F)c1F. The van der Waals surface area contributed by atoms with Gasteiger partial charge in [0.25, 0.3) is 0 Å². The number of unbranched alkanes of at least 4 members (excludes halogenated alkanes) is 2. The summed E-state index contributed by atoms with van der Waals surface area (Å²) in [5, 5.41) is 0. The van der Waals surface area contributed by atoms with Gasteiger partial charge in [-0.15, -0.1) is 6.58 Å². The zero-order valence-electron chi connectivity index (χ0n) is 22.9. The number of halogens is 4. The minimum Gasteiger partial charge on any atom is -0.494 e. The maximum absolute atomic E-state index is 14.9. The summed E-state index contributed by atoms with van der Waals surface area (Å²) >= 11 is 0. The Bertz CT molecular complexity index is 1450. The predicted molar refractivity (Wildman–Crippen MR) is 153 cm³/mol. The van der Waals surface area contributed by atoms with Gasteiger partial charge in [0, 0.05) is 16.7 Å².